The van der Waals surface area contributed by atoms with E-state index in [-0.39, 0.29) is 11.6 Å². The Bertz CT molecular complexity index is 727. The van der Waals surface area contributed by atoms with E-state index in [1.165, 1.54) is 116 Å². The van der Waals surface area contributed by atoms with Crippen molar-refractivity contribution in [2.45, 2.75) is 207 Å². The molecule has 2 N–H and O–H groups in total. The average molecular weight is 646 g/mol. The number of hydrogen-bond donors (Lipinski definition) is 1. The van der Waals surface area contributed by atoms with Gasteiger partial charge in [-0.05, 0) is 71.1 Å². The summed E-state index contributed by atoms with van der Waals surface area (Å²) in [5.41, 5.74) is 5.55. The summed E-state index contributed by atoms with van der Waals surface area (Å²) in [5, 5.41) is 0. The van der Waals surface area contributed by atoms with E-state index in [4.69, 9.17) is 5.73 Å². The Kier molecular flexibility index (Phi) is 29.0. The minimum Gasteiger partial charge on any atom is -0.315 e. The molecule has 0 rings (SSSR count). The lowest BCUT2D eigenvalue weighted by molar-refractivity contribution is -0.900. The Morgan fingerprint density at radius 2 is 0.761 bits per heavy atom. The summed E-state index contributed by atoms with van der Waals surface area (Å²) in [6, 6.07) is 0. The lowest BCUT2D eigenvalue weighted by Crippen LogP contribution is -2.64. The van der Waals surface area contributed by atoms with Crippen LogP contribution < -0.4 is 5.73 Å². The Hall–Kier alpha value is -1.26. The van der Waals surface area contributed by atoms with E-state index in [0.717, 1.165) is 51.4 Å². The average Bonchev–Trinajstić information content (AvgIpc) is 3.03. The number of Topliss-reactive ketones (excluding diaryl/α,β-unsaturated/α-hetero) is 2. The minimum absolute atomic E-state index is 0.0448. The topological polar surface area (TPSA) is 60.2 Å². The molecule has 4 heteroatoms. The molecule has 0 aromatic rings. The van der Waals surface area contributed by atoms with Crippen molar-refractivity contribution in [1.82, 2.24) is 0 Å². The number of ketones is 2. The summed E-state index contributed by atoms with van der Waals surface area (Å²) in [4.78, 5) is 27.1. The fourth-order valence-electron chi connectivity index (χ4n) is 6.49. The zero-order chi connectivity index (χ0) is 34.4. The van der Waals surface area contributed by atoms with Gasteiger partial charge in [0.15, 0.2) is 23.1 Å². The first-order valence-electron chi connectivity index (χ1n) is 20.1. The molecule has 0 aliphatic heterocycles. The molecule has 46 heavy (non-hydrogen) atoms. The van der Waals surface area contributed by atoms with E-state index < -0.39 is 11.6 Å². The second-order valence-corrected chi connectivity index (χ2v) is 15.3. The largest absolute Gasteiger partial charge is 0.315 e. The Balaban J connectivity index is 4.26. The highest BCUT2D eigenvalue weighted by Crippen LogP contribution is 2.31. The number of rotatable bonds is 34. The normalized spacial score (nSPS) is 13.3. The smallest absolute Gasteiger partial charge is 0.159 e. The highest BCUT2D eigenvalue weighted by Gasteiger charge is 2.50. The van der Waals surface area contributed by atoms with Crippen molar-refractivity contribution in [2.75, 3.05) is 21.1 Å². The van der Waals surface area contributed by atoms with Crippen molar-refractivity contribution in [3.8, 4) is 0 Å². The van der Waals surface area contributed by atoms with Gasteiger partial charge in [0.2, 0.25) is 0 Å². The van der Waals surface area contributed by atoms with Crippen molar-refractivity contribution in [1.29, 1.82) is 0 Å². The van der Waals surface area contributed by atoms with Gasteiger partial charge >= 0.3 is 0 Å². The molecule has 0 amide bonds. The predicted molar refractivity (Wildman–Crippen MR) is 203 cm³/mol. The van der Waals surface area contributed by atoms with Crippen LogP contribution in [0.15, 0.2) is 24.3 Å². The van der Waals surface area contributed by atoms with Gasteiger partial charge in [-0.1, -0.05) is 141 Å². The molecule has 0 saturated heterocycles. The van der Waals surface area contributed by atoms with Gasteiger partial charge in [0, 0.05) is 12.8 Å². The van der Waals surface area contributed by atoms with E-state index in [2.05, 4.69) is 38.2 Å². The zero-order valence-electron chi connectivity index (χ0n) is 32.0. The van der Waals surface area contributed by atoms with Gasteiger partial charge in [0.1, 0.15) is 0 Å². The van der Waals surface area contributed by atoms with Crippen LogP contribution in [-0.4, -0.2) is 43.4 Å². The van der Waals surface area contributed by atoms with E-state index in [9.17, 15) is 9.59 Å². The molecule has 0 aromatic carbocycles. The molecule has 0 aliphatic rings. The van der Waals surface area contributed by atoms with Gasteiger partial charge < -0.3 is 4.48 Å². The van der Waals surface area contributed by atoms with Crippen LogP contribution >= 0.6 is 0 Å². The third kappa shape index (κ3) is 23.1. The summed E-state index contributed by atoms with van der Waals surface area (Å²) in [6.45, 7) is 6.37. The standard InChI is InChI=1S/C42H81N2O2/c1-7-9-11-13-15-17-19-21-23-25-27-29-31-33-35-37-39(45)42(3,41(43)44(4,5)6)40(46)38-36-34-32-30-28-26-24-22-20-18-16-14-12-10-8-2/h21-24,41H,7-20,25-38,43H2,1-6H3/q+1/b23-21-,24-22-. The summed E-state index contributed by atoms with van der Waals surface area (Å²) >= 11 is 0. The van der Waals surface area contributed by atoms with E-state index in [1.807, 2.05) is 28.1 Å². The van der Waals surface area contributed by atoms with Crippen LogP contribution in [0.4, 0.5) is 0 Å². The molecule has 0 aliphatic carbocycles. The molecule has 0 heterocycles. The van der Waals surface area contributed by atoms with Gasteiger partial charge in [0.25, 0.3) is 0 Å². The molecule has 0 bridgehead atoms. The Labute approximate surface area is 288 Å². The predicted octanol–water partition coefficient (Wildman–Crippen LogP) is 12.2. The molecule has 1 atom stereocenters. The molecule has 270 valence electrons. The molecule has 0 spiro atoms. The van der Waals surface area contributed by atoms with Crippen molar-refractivity contribution in [3.05, 3.63) is 24.3 Å². The summed E-state index contributed by atoms with van der Waals surface area (Å²) in [6.07, 6.45) is 41.9. The number of nitrogens with two attached hydrogens (primary N) is 1. The van der Waals surface area contributed by atoms with E-state index >= 15 is 0 Å². The fourth-order valence-corrected chi connectivity index (χ4v) is 6.49. The van der Waals surface area contributed by atoms with Crippen LogP contribution in [0.3, 0.4) is 0 Å². The van der Waals surface area contributed by atoms with E-state index in [0.29, 0.717) is 17.3 Å². The van der Waals surface area contributed by atoms with Gasteiger partial charge in [-0.25, -0.2) is 0 Å². The molecule has 4 nitrogen and oxygen atoms in total. The van der Waals surface area contributed by atoms with Crippen LogP contribution in [0.5, 0.6) is 0 Å². The first-order valence-corrected chi connectivity index (χ1v) is 20.1. The second kappa shape index (κ2) is 29.8. The third-order valence-corrected chi connectivity index (χ3v) is 9.92. The first kappa shape index (κ1) is 44.7. The van der Waals surface area contributed by atoms with Crippen LogP contribution in [-0.2, 0) is 9.59 Å². The molecular weight excluding hydrogens is 564 g/mol. The third-order valence-electron chi connectivity index (χ3n) is 9.92. The molecule has 0 saturated carbocycles. The lowest BCUT2D eigenvalue weighted by Gasteiger charge is -2.41. The quantitative estimate of drug-likeness (QED) is 0.0249. The van der Waals surface area contributed by atoms with E-state index in [1.54, 1.807) is 0 Å². The zero-order valence-corrected chi connectivity index (χ0v) is 32.0. The van der Waals surface area contributed by atoms with Crippen LogP contribution in [0, 0.1) is 5.41 Å². The number of hydrogen-bond acceptors (Lipinski definition) is 3. The number of carbonyl (C=O) groups is 2. The van der Waals surface area contributed by atoms with Crippen LogP contribution in [0.25, 0.3) is 0 Å². The highest BCUT2D eigenvalue weighted by molar-refractivity contribution is 6.07. The fraction of sp³-hybridized carbons (Fsp3) is 0.857. The number of nitrogens with zero attached hydrogens (tertiary/aromatic N) is 1. The maximum absolute atomic E-state index is 13.6. The van der Waals surface area contributed by atoms with Crippen LogP contribution in [0.1, 0.15) is 201 Å². The number of unbranched alkanes of at least 4 members (excludes halogenated alkanes) is 22. The summed E-state index contributed by atoms with van der Waals surface area (Å²) in [5.74, 6) is 0.0897. The Morgan fingerprint density at radius 3 is 1.04 bits per heavy atom. The monoisotopic (exact) mass is 646 g/mol. The van der Waals surface area contributed by atoms with Crippen molar-refractivity contribution < 1.29 is 14.1 Å². The SMILES string of the molecule is CCCCCCCC/C=C\CCCCCCCC(=O)C(C)(C(=O)CCCCCCC/C=C\CCCCCCCC)C(N)[N+](C)(C)C. The number of carbonyl (C=O) groups excluding carboxylic acids is 2. The summed E-state index contributed by atoms with van der Waals surface area (Å²) < 4.78 is 0.409. The molecule has 0 fully saturated rings. The number of quaternary nitrogens is 1. The molecule has 0 aromatic heterocycles. The first-order chi connectivity index (χ1) is 22.1. The minimum atomic E-state index is -1.11. The lowest BCUT2D eigenvalue weighted by atomic mass is 9.74. The van der Waals surface area contributed by atoms with Crippen molar-refractivity contribution in [2.24, 2.45) is 11.1 Å². The molecule has 0 radical (unpaired) electrons. The van der Waals surface area contributed by atoms with Gasteiger partial charge in [-0.15, -0.1) is 0 Å². The van der Waals surface area contributed by atoms with Gasteiger partial charge in [-0.3, -0.25) is 15.3 Å². The number of allylic oxidation sites excluding steroid dienone is 4. The van der Waals surface area contributed by atoms with Crippen molar-refractivity contribution >= 4 is 11.6 Å². The van der Waals surface area contributed by atoms with Gasteiger partial charge in [-0.2, -0.15) is 0 Å². The van der Waals surface area contributed by atoms with Crippen molar-refractivity contribution in [3.63, 3.8) is 0 Å². The molecular formula is C42H81N2O2+. The maximum Gasteiger partial charge on any atom is 0.159 e. The Morgan fingerprint density at radius 1 is 0.500 bits per heavy atom. The maximum atomic E-state index is 13.6. The second-order valence-electron chi connectivity index (χ2n) is 15.3. The van der Waals surface area contributed by atoms with Crippen LogP contribution in [0.2, 0.25) is 0 Å². The summed E-state index contributed by atoms with van der Waals surface area (Å²) in [7, 11) is 5.98. The highest BCUT2D eigenvalue weighted by atomic mass is 16.2. The van der Waals surface area contributed by atoms with Gasteiger partial charge in [0.05, 0.1) is 21.1 Å². The molecule has 1 unspecified atom stereocenters.